The summed E-state index contributed by atoms with van der Waals surface area (Å²) in [6, 6.07) is 0. The quantitative estimate of drug-likeness (QED) is 0.665. The van der Waals surface area contributed by atoms with Gasteiger partial charge < -0.3 is 10.6 Å². The molecular weight excluding hydrogens is 185 g/mol. The van der Waals surface area contributed by atoms with Crippen LogP contribution in [-0.4, -0.2) is 31.7 Å². The number of carbonyl (C=O) groups excluding carboxylic acids is 1. The molecule has 0 aromatic heterocycles. The first-order valence-electron chi connectivity index (χ1n) is 3.89. The van der Waals surface area contributed by atoms with Gasteiger partial charge in [-0.1, -0.05) is 6.92 Å². The Bertz CT molecular complexity index is 210. The second-order valence-electron chi connectivity index (χ2n) is 3.59. The van der Waals surface area contributed by atoms with E-state index in [2.05, 4.69) is 5.32 Å². The summed E-state index contributed by atoms with van der Waals surface area (Å²) in [4.78, 5) is 10.4. The summed E-state index contributed by atoms with van der Waals surface area (Å²) in [5.41, 5.74) is -0.221. The molecule has 0 bridgehead atoms. The van der Waals surface area contributed by atoms with Crippen molar-refractivity contribution in [3.63, 3.8) is 0 Å². The van der Waals surface area contributed by atoms with Gasteiger partial charge in [0, 0.05) is 25.0 Å². The first-order chi connectivity index (χ1) is 5.83. The van der Waals surface area contributed by atoms with Gasteiger partial charge in [0.25, 0.3) is 0 Å². The monoisotopic (exact) mass is 196 g/mol. The summed E-state index contributed by atoms with van der Waals surface area (Å²) < 4.78 is 35.2. The lowest BCUT2D eigenvalue weighted by Gasteiger charge is -2.39. The van der Waals surface area contributed by atoms with E-state index in [1.54, 1.807) is 0 Å². The Labute approximate surface area is 73.7 Å². The third-order valence-corrected chi connectivity index (χ3v) is 2.04. The molecule has 1 rings (SSSR count). The Kier molecular flexibility index (Phi) is 2.51. The van der Waals surface area contributed by atoms with Gasteiger partial charge in [-0.2, -0.15) is 13.2 Å². The normalized spacial score (nSPS) is 20.6. The second-order valence-corrected chi connectivity index (χ2v) is 3.59. The number of alkyl halides is 3. The zero-order valence-electron chi connectivity index (χ0n) is 7.16. The van der Waals surface area contributed by atoms with Crippen LogP contribution >= 0.6 is 0 Å². The van der Waals surface area contributed by atoms with Crippen LogP contribution in [0.5, 0.6) is 0 Å². The molecule has 0 unspecified atom stereocenters. The van der Waals surface area contributed by atoms with Crippen molar-refractivity contribution in [1.82, 2.24) is 10.6 Å². The number of halogens is 3. The molecule has 6 heteroatoms. The van der Waals surface area contributed by atoms with Gasteiger partial charge in [-0.15, -0.1) is 0 Å². The van der Waals surface area contributed by atoms with Crippen LogP contribution in [0.4, 0.5) is 13.2 Å². The van der Waals surface area contributed by atoms with E-state index in [0.29, 0.717) is 13.1 Å². The van der Waals surface area contributed by atoms with E-state index in [4.69, 9.17) is 0 Å². The number of carbonyl (C=O) groups is 1. The van der Waals surface area contributed by atoms with Gasteiger partial charge in [-0.25, -0.2) is 0 Å². The van der Waals surface area contributed by atoms with Crippen molar-refractivity contribution in [3.8, 4) is 0 Å². The molecule has 1 amide bonds. The van der Waals surface area contributed by atoms with E-state index >= 15 is 0 Å². The first-order valence-corrected chi connectivity index (χ1v) is 3.89. The highest BCUT2D eigenvalue weighted by Crippen LogP contribution is 2.21. The third kappa shape index (κ3) is 2.58. The van der Waals surface area contributed by atoms with Crippen molar-refractivity contribution in [2.24, 2.45) is 5.41 Å². The van der Waals surface area contributed by atoms with E-state index in [1.807, 2.05) is 12.2 Å². The number of nitrogens with one attached hydrogen (secondary N) is 2. The molecule has 1 aliphatic rings. The van der Waals surface area contributed by atoms with Crippen LogP contribution in [0.3, 0.4) is 0 Å². The molecule has 0 spiro atoms. The van der Waals surface area contributed by atoms with Crippen LogP contribution in [-0.2, 0) is 4.79 Å². The minimum absolute atomic E-state index is 0.0678. The zero-order valence-corrected chi connectivity index (χ0v) is 7.16. The molecule has 1 fully saturated rings. The van der Waals surface area contributed by atoms with E-state index in [9.17, 15) is 18.0 Å². The second kappa shape index (κ2) is 3.17. The number of hydrogen-bond donors (Lipinski definition) is 2. The van der Waals surface area contributed by atoms with E-state index in [0.717, 1.165) is 0 Å². The molecule has 0 saturated carbocycles. The Morgan fingerprint density at radius 3 is 2.38 bits per heavy atom. The fraction of sp³-hybridized carbons (Fsp3) is 0.857. The van der Waals surface area contributed by atoms with E-state index < -0.39 is 12.1 Å². The molecule has 0 aliphatic carbocycles. The van der Waals surface area contributed by atoms with Crippen molar-refractivity contribution in [3.05, 3.63) is 0 Å². The highest BCUT2D eigenvalue weighted by molar-refractivity contribution is 5.81. The largest absolute Gasteiger partial charge is 0.471 e. The molecule has 13 heavy (non-hydrogen) atoms. The summed E-state index contributed by atoms with van der Waals surface area (Å²) >= 11 is 0. The highest BCUT2D eigenvalue weighted by atomic mass is 19.4. The molecule has 2 N–H and O–H groups in total. The van der Waals surface area contributed by atoms with Crippen LogP contribution in [0.2, 0.25) is 0 Å². The molecule has 0 atom stereocenters. The fourth-order valence-electron chi connectivity index (χ4n) is 1.07. The highest BCUT2D eigenvalue weighted by Gasteiger charge is 2.40. The van der Waals surface area contributed by atoms with Gasteiger partial charge in [0.05, 0.1) is 0 Å². The van der Waals surface area contributed by atoms with Gasteiger partial charge in [-0.3, -0.25) is 4.79 Å². The molecule has 3 nitrogen and oxygen atoms in total. The predicted octanol–water partition coefficient (Wildman–Crippen LogP) is 0.274. The smallest absolute Gasteiger partial charge is 0.348 e. The third-order valence-electron chi connectivity index (χ3n) is 2.04. The summed E-state index contributed by atoms with van der Waals surface area (Å²) in [6.45, 7) is 3.18. The van der Waals surface area contributed by atoms with Crippen LogP contribution in [0.15, 0.2) is 0 Å². The summed E-state index contributed by atoms with van der Waals surface area (Å²) in [6.07, 6.45) is -4.77. The SMILES string of the molecule is CC1(CNC(=O)C(F)(F)F)CNC1. The number of rotatable bonds is 2. The van der Waals surface area contributed by atoms with Crippen molar-refractivity contribution >= 4 is 5.91 Å². The molecule has 0 radical (unpaired) electrons. The lowest BCUT2D eigenvalue weighted by molar-refractivity contribution is -0.174. The van der Waals surface area contributed by atoms with Crippen LogP contribution in [0.1, 0.15) is 6.92 Å². The Morgan fingerprint density at radius 2 is 2.08 bits per heavy atom. The standard InChI is InChI=1S/C7H11F3N2O/c1-6(2-11-3-6)4-12-5(13)7(8,9)10/h11H,2-4H2,1H3,(H,12,13). The fourth-order valence-corrected chi connectivity index (χ4v) is 1.07. The zero-order chi connectivity index (χ0) is 10.1. The Morgan fingerprint density at radius 1 is 1.54 bits per heavy atom. The van der Waals surface area contributed by atoms with Crippen molar-refractivity contribution in [1.29, 1.82) is 0 Å². The Hall–Kier alpha value is -0.780. The van der Waals surface area contributed by atoms with E-state index in [1.165, 1.54) is 0 Å². The van der Waals surface area contributed by atoms with Crippen molar-refractivity contribution < 1.29 is 18.0 Å². The average Bonchev–Trinajstić information content (AvgIpc) is 1.94. The molecule has 1 heterocycles. The van der Waals surface area contributed by atoms with Crippen LogP contribution in [0, 0.1) is 5.41 Å². The topological polar surface area (TPSA) is 41.1 Å². The minimum Gasteiger partial charge on any atom is -0.348 e. The maximum absolute atomic E-state index is 11.7. The van der Waals surface area contributed by atoms with Crippen LogP contribution in [0.25, 0.3) is 0 Å². The average molecular weight is 196 g/mol. The van der Waals surface area contributed by atoms with E-state index in [-0.39, 0.29) is 12.0 Å². The molecule has 76 valence electrons. The maximum atomic E-state index is 11.7. The number of hydrogen-bond acceptors (Lipinski definition) is 2. The predicted molar refractivity (Wildman–Crippen MR) is 40.0 cm³/mol. The molecular formula is C7H11F3N2O. The van der Waals surface area contributed by atoms with Crippen LogP contribution < -0.4 is 10.6 Å². The van der Waals surface area contributed by atoms with Gasteiger partial charge in [0.1, 0.15) is 0 Å². The lowest BCUT2D eigenvalue weighted by Crippen LogP contribution is -2.57. The van der Waals surface area contributed by atoms with Crippen molar-refractivity contribution in [2.75, 3.05) is 19.6 Å². The maximum Gasteiger partial charge on any atom is 0.471 e. The summed E-state index contributed by atoms with van der Waals surface area (Å²) in [7, 11) is 0. The number of amides is 1. The van der Waals surface area contributed by atoms with Gasteiger partial charge in [0.2, 0.25) is 0 Å². The summed E-state index contributed by atoms with van der Waals surface area (Å²) in [5, 5.41) is 4.79. The van der Waals surface area contributed by atoms with Gasteiger partial charge >= 0.3 is 12.1 Å². The van der Waals surface area contributed by atoms with Gasteiger partial charge in [0.15, 0.2) is 0 Å². The lowest BCUT2D eigenvalue weighted by atomic mass is 9.84. The molecule has 1 aliphatic heterocycles. The van der Waals surface area contributed by atoms with Crippen molar-refractivity contribution in [2.45, 2.75) is 13.1 Å². The minimum atomic E-state index is -4.77. The molecule has 0 aromatic rings. The molecule has 1 saturated heterocycles. The Balaban J connectivity index is 2.30. The first kappa shape index (κ1) is 10.3. The molecule has 0 aromatic carbocycles. The van der Waals surface area contributed by atoms with Gasteiger partial charge in [-0.05, 0) is 0 Å². The summed E-state index contributed by atoms with van der Waals surface area (Å²) in [5.74, 6) is -1.86.